The number of rotatable bonds is 30. The number of anilines is 2. The number of hydrogen-bond donors (Lipinski definition) is 11. The number of aliphatic hydroxyl groups excluding tert-OH is 1. The fourth-order valence-electron chi connectivity index (χ4n) is 15.2. The number of para-hydroxylation sites is 4. The molecule has 28 nitrogen and oxygen atoms in total. The lowest BCUT2D eigenvalue weighted by atomic mass is 9.82. The highest BCUT2D eigenvalue weighted by molar-refractivity contribution is 6.38. The first-order valence-electron chi connectivity index (χ1n) is 39.3. The number of fused-ring (bicyclic) bond motifs is 2. The second kappa shape index (κ2) is 36.8. The van der Waals surface area contributed by atoms with Crippen LogP contribution in [0.3, 0.4) is 0 Å². The number of aliphatic hydroxyl groups is 1. The first-order valence-corrected chi connectivity index (χ1v) is 40.0. The summed E-state index contributed by atoms with van der Waals surface area (Å²) in [4.78, 5) is 153. The minimum atomic E-state index is -1.46. The van der Waals surface area contributed by atoms with E-state index in [0.29, 0.717) is 41.2 Å². The summed E-state index contributed by atoms with van der Waals surface area (Å²) in [5.74, 6) is -3.12. The van der Waals surface area contributed by atoms with E-state index in [2.05, 4.69) is 72.4 Å². The number of halogens is 2. The van der Waals surface area contributed by atoms with Crippen LogP contribution in [-0.4, -0.2) is 190 Å². The molecule has 6 aliphatic rings. The van der Waals surface area contributed by atoms with Crippen LogP contribution in [0.25, 0.3) is 22.1 Å². The number of pyridine rings is 2. The van der Waals surface area contributed by atoms with Crippen LogP contribution in [0.2, 0.25) is 10.0 Å². The summed E-state index contributed by atoms with van der Waals surface area (Å²) >= 11 is 12.1. The smallest absolute Gasteiger partial charge is 0.289 e. The van der Waals surface area contributed by atoms with Crippen LogP contribution in [0, 0.1) is 22.7 Å². The van der Waals surface area contributed by atoms with Gasteiger partial charge in [0.25, 0.3) is 11.8 Å². The third-order valence-electron chi connectivity index (χ3n) is 21.5. The van der Waals surface area contributed by atoms with E-state index in [1.807, 2.05) is 104 Å². The first kappa shape index (κ1) is 81.8. The maximum Gasteiger partial charge on any atom is 0.289 e. The largest absolute Gasteiger partial charge is 0.472 e. The molecule has 2 aromatic carbocycles. The number of amides is 8. The van der Waals surface area contributed by atoms with E-state index < -0.39 is 119 Å². The first-order chi connectivity index (χ1) is 52.6. The number of ether oxygens (including phenoxy) is 2. The average Bonchev–Trinajstić information content (AvgIpc) is 1.62. The van der Waals surface area contributed by atoms with Gasteiger partial charge in [0.15, 0.2) is 6.10 Å². The molecular formula is C80H108Cl2N16O12. The van der Waals surface area contributed by atoms with E-state index >= 15 is 0 Å². The third kappa shape index (κ3) is 21.7. The van der Waals surface area contributed by atoms with Gasteiger partial charge in [-0.3, -0.25) is 43.2 Å². The molecule has 0 bridgehead atoms. The standard InChI is InChI=1S/C40H55ClN8O6.C40H53ClN8O6/c2*1-5-11-29(33(50)37(53)43-25-17-18-25)44-35(51)30-20-26(55-31-19-16-24(41)21-42-31)22-49(30)38(54)34(40(2,3)4)48-36(52)32(23-12-7-6-8-13-23)47-39-45-27-14-9-10-15-28(27)46-39/h9-10,14-16,19,21,23,25-26,29-30,32-34,50H,5-8,11-13,17-18,20,22H2,1-4H3,(H,43,53)(H,44,51)(H,48,52)(H2,45,46,47);9-10,14-16,19,21,23,25-26,29-30,32,34H,5-8,11-13,17-18,20,22H2,1-4H3,(H,43,53)(H,44,51)(H,48,52)(H2,45,46,47)/t26-,29+,30+,32+,33?,34-;26-,29+,30+,32+,34-/m11/s1. The Balaban J connectivity index is 0.000000218. The monoisotopic (exact) mass is 1550 g/mol. The van der Waals surface area contributed by atoms with E-state index in [0.717, 1.165) is 112 Å². The second-order valence-electron chi connectivity index (χ2n) is 32.5. The van der Waals surface area contributed by atoms with Crippen molar-refractivity contribution >= 4 is 110 Å². The topological polar surface area (TPSA) is 378 Å². The molecular weight excluding hydrogens is 1450 g/mol. The van der Waals surface area contributed by atoms with Crippen molar-refractivity contribution in [2.75, 3.05) is 23.7 Å². The van der Waals surface area contributed by atoms with Crippen LogP contribution in [0.15, 0.2) is 85.2 Å². The summed E-state index contributed by atoms with van der Waals surface area (Å²) in [6, 6.07) is 14.4. The van der Waals surface area contributed by atoms with Crippen molar-refractivity contribution in [3.63, 3.8) is 0 Å². The molecule has 4 aromatic heterocycles. The van der Waals surface area contributed by atoms with Gasteiger partial charge in [-0.15, -0.1) is 0 Å². The number of nitrogens with zero attached hydrogens (tertiary/aromatic N) is 6. The molecule has 8 amide bonds. The highest BCUT2D eigenvalue weighted by Gasteiger charge is 2.50. The zero-order chi connectivity index (χ0) is 78.6. The Bertz CT molecular complexity index is 4120. The Morgan fingerprint density at radius 1 is 0.536 bits per heavy atom. The highest BCUT2D eigenvalue weighted by atomic mass is 35.5. The Hall–Kier alpha value is -9.15. The van der Waals surface area contributed by atoms with Crippen molar-refractivity contribution in [3.05, 3.63) is 95.2 Å². The summed E-state index contributed by atoms with van der Waals surface area (Å²) in [6.45, 7) is 15.0. The molecule has 30 heteroatoms. The predicted octanol–water partition coefficient (Wildman–Crippen LogP) is 9.16. The summed E-state index contributed by atoms with van der Waals surface area (Å²) in [6.07, 6.45) is 15.1. The van der Waals surface area contributed by atoms with Crippen molar-refractivity contribution in [2.24, 2.45) is 22.7 Å². The van der Waals surface area contributed by atoms with Crippen molar-refractivity contribution in [1.29, 1.82) is 0 Å². The van der Waals surface area contributed by atoms with E-state index in [-0.39, 0.29) is 79.8 Å². The van der Waals surface area contributed by atoms with Crippen molar-refractivity contribution in [1.82, 2.24) is 71.6 Å². The molecule has 0 radical (unpaired) electrons. The van der Waals surface area contributed by atoms with E-state index in [1.54, 1.807) is 24.3 Å². The molecule has 6 fully saturated rings. The quantitative estimate of drug-likeness (QED) is 0.0187. The average molecular weight is 1560 g/mol. The van der Waals surface area contributed by atoms with Gasteiger partial charge in [-0.1, -0.05) is 154 Å². The summed E-state index contributed by atoms with van der Waals surface area (Å²) in [5.41, 5.74) is 1.69. The van der Waals surface area contributed by atoms with Crippen LogP contribution in [0.1, 0.15) is 184 Å². The fraction of sp³-hybridized carbons (Fsp3) is 0.588. The number of nitrogens with one attached hydrogen (secondary N) is 10. The molecule has 11 atom stereocenters. The lowest BCUT2D eigenvalue weighted by molar-refractivity contribution is -0.145. The zero-order valence-electron chi connectivity index (χ0n) is 64.2. The number of benzene rings is 2. The molecule has 4 aliphatic carbocycles. The molecule has 2 saturated heterocycles. The maximum absolute atomic E-state index is 14.8. The zero-order valence-corrected chi connectivity index (χ0v) is 65.7. The molecule has 2 aliphatic heterocycles. The van der Waals surface area contributed by atoms with Gasteiger partial charge in [0, 0.05) is 49.5 Å². The molecule has 0 spiro atoms. The fourth-order valence-corrected chi connectivity index (χ4v) is 15.4. The van der Waals surface area contributed by atoms with Crippen molar-refractivity contribution in [2.45, 2.75) is 263 Å². The molecule has 6 heterocycles. The predicted molar refractivity (Wildman–Crippen MR) is 418 cm³/mol. The number of likely N-dealkylation sites (tertiary alicyclic amines) is 2. The van der Waals surface area contributed by atoms with Crippen LogP contribution in [0.5, 0.6) is 11.8 Å². The lowest BCUT2D eigenvalue weighted by Crippen LogP contribution is -2.61. The number of carbonyl (C=O) groups excluding carboxylic acids is 9. The van der Waals surface area contributed by atoms with E-state index in [1.165, 1.54) is 22.2 Å². The molecule has 11 N–H and O–H groups in total. The normalized spacial score (nSPS) is 21.0. The molecule has 12 rings (SSSR count). The molecule has 6 aromatic rings. The molecule has 594 valence electrons. The van der Waals surface area contributed by atoms with Crippen LogP contribution in [0.4, 0.5) is 11.9 Å². The van der Waals surface area contributed by atoms with Gasteiger partial charge in [-0.2, -0.15) is 0 Å². The minimum Gasteiger partial charge on any atom is -0.472 e. The number of carbonyl (C=O) groups is 9. The number of aromatic amines is 2. The van der Waals surface area contributed by atoms with Gasteiger partial charge in [-0.05, 0) is 123 Å². The number of imidazole rings is 2. The molecule has 1 unspecified atom stereocenters. The Kier molecular flexibility index (Phi) is 27.4. The summed E-state index contributed by atoms with van der Waals surface area (Å²) < 4.78 is 12.3. The molecule has 110 heavy (non-hydrogen) atoms. The van der Waals surface area contributed by atoms with Gasteiger partial charge < -0.3 is 76.9 Å². The second-order valence-corrected chi connectivity index (χ2v) is 33.4. The number of aromatic nitrogens is 6. The van der Waals surface area contributed by atoms with Crippen LogP contribution >= 0.6 is 23.2 Å². The number of H-pyrrole nitrogens is 2. The SMILES string of the molecule is CCC[C@H](NC(=O)[C@@H]1C[C@@H](Oc2ccc(Cl)cn2)CN1C(=O)[C@@H](NC(=O)[C@@H](Nc1nc2ccccc2[nH]1)C1CCCCC1)C(C)(C)C)C(=O)C(=O)NC1CC1.CCC[C@H](NC(=O)[C@@H]1C[C@@H](Oc2ccc(Cl)cn2)CN1C(=O)[C@@H](NC(=O)[C@@H](Nc1nc2ccccc2[nH]1)C1CCCCC1)C(C)(C)C)C(O)C(=O)NC1CC1. The maximum atomic E-state index is 14.8. The molecule has 4 saturated carbocycles. The Morgan fingerprint density at radius 3 is 1.36 bits per heavy atom. The van der Waals surface area contributed by atoms with Gasteiger partial charge >= 0.3 is 0 Å². The van der Waals surface area contributed by atoms with Gasteiger partial charge in [-0.25, -0.2) is 19.9 Å². The lowest BCUT2D eigenvalue weighted by Gasteiger charge is -2.37. The van der Waals surface area contributed by atoms with Gasteiger partial charge in [0.2, 0.25) is 64.9 Å². The Morgan fingerprint density at radius 2 is 0.964 bits per heavy atom. The van der Waals surface area contributed by atoms with Crippen molar-refractivity contribution in [3.8, 4) is 11.8 Å². The van der Waals surface area contributed by atoms with Crippen LogP contribution < -0.4 is 52.0 Å². The van der Waals surface area contributed by atoms with E-state index in [4.69, 9.17) is 32.7 Å². The third-order valence-corrected chi connectivity index (χ3v) is 21.9. The highest BCUT2D eigenvalue weighted by Crippen LogP contribution is 2.35. The van der Waals surface area contributed by atoms with E-state index in [9.17, 15) is 48.3 Å². The number of hydrogen-bond acceptors (Lipinski definition) is 18. The van der Waals surface area contributed by atoms with Gasteiger partial charge in [0.05, 0.1) is 57.3 Å². The number of ketones is 1. The Labute approximate surface area is 652 Å². The van der Waals surface area contributed by atoms with Gasteiger partial charge in [0.1, 0.15) is 48.5 Å². The summed E-state index contributed by atoms with van der Waals surface area (Å²) in [7, 11) is 0. The number of Topliss-reactive ketones (excluding diaryl/α,β-unsaturated/α-hetero) is 1. The van der Waals surface area contributed by atoms with Crippen LogP contribution in [-0.2, 0) is 43.2 Å². The minimum absolute atomic E-state index is 0.0119. The van der Waals surface area contributed by atoms with Crippen molar-refractivity contribution < 1.29 is 57.7 Å². The summed E-state index contributed by atoms with van der Waals surface area (Å²) in [5, 5.41) is 36.0.